The van der Waals surface area contributed by atoms with Gasteiger partial charge in [-0.2, -0.15) is 0 Å². The maximum absolute atomic E-state index is 8.81. The van der Waals surface area contributed by atoms with Crippen LogP contribution in [0.3, 0.4) is 0 Å². The molecule has 0 rings (SSSR count). The Hall–Kier alpha value is 0.379. The summed E-state index contributed by atoms with van der Waals surface area (Å²) in [4.78, 5) is 0. The van der Waals surface area contributed by atoms with Crippen LogP contribution in [0.1, 0.15) is 0 Å². The van der Waals surface area contributed by atoms with Gasteiger partial charge in [0.05, 0.1) is 0 Å². The summed E-state index contributed by atoms with van der Waals surface area (Å²) in [6.45, 7) is 0. The first kappa shape index (κ1) is 11.2. The van der Waals surface area contributed by atoms with E-state index in [1.807, 2.05) is 0 Å². The Morgan fingerprint density at radius 3 is 1.12 bits per heavy atom. The summed E-state index contributed by atoms with van der Waals surface area (Å²) < 4.78 is 23.2. The van der Waals surface area contributed by atoms with Gasteiger partial charge in [0.25, 0.3) is 0 Å². The zero-order valence-electron chi connectivity index (χ0n) is 3.72. The summed E-state index contributed by atoms with van der Waals surface area (Å²) in [6, 6.07) is 0. The van der Waals surface area contributed by atoms with Gasteiger partial charge in [-0.1, -0.05) is 0 Å². The van der Waals surface area contributed by atoms with Crippen LogP contribution in [0.15, 0.2) is 0 Å². The van der Waals surface area contributed by atoms with Crippen LogP contribution in [0.2, 0.25) is 0 Å². The van der Waals surface area contributed by atoms with Gasteiger partial charge in [-0.05, 0) is 0 Å². The molecule has 0 radical (unpaired) electrons. The molecule has 0 aliphatic rings. The van der Waals surface area contributed by atoms with E-state index in [2.05, 4.69) is 0 Å². The molecule has 0 heterocycles. The van der Waals surface area contributed by atoms with Crippen molar-refractivity contribution < 1.29 is 44.4 Å². The number of hydrogen-bond donors (Lipinski definition) is 5. The second-order valence-electron chi connectivity index (χ2n) is 0.629. The fourth-order valence-corrected chi connectivity index (χ4v) is 0. The van der Waals surface area contributed by atoms with Gasteiger partial charge < -0.3 is 15.1 Å². The molecule has 6 nitrogen and oxygen atoms in total. The fraction of sp³-hybridized carbons (Fsp3) is 0. The first-order chi connectivity index (χ1) is 3.46. The van der Waals surface area contributed by atoms with Gasteiger partial charge in [-0.3, -0.25) is 0 Å². The van der Waals surface area contributed by atoms with Crippen molar-refractivity contribution in [1.82, 2.24) is 0 Å². The van der Waals surface area contributed by atoms with Gasteiger partial charge in [0.2, 0.25) is 0 Å². The third kappa shape index (κ3) is 1280. The molecule has 48 valence electrons. The van der Waals surface area contributed by atoms with Gasteiger partial charge in [0, 0.05) is 0 Å². The van der Waals surface area contributed by atoms with E-state index >= 15 is 0 Å². The standard InChI is InChI=1S/BH3O3.2H2O.O.Ti/c2-1(3)4;;;;/h2-4H;2*1H2;;/q;;;;+2/p-2. The summed E-state index contributed by atoms with van der Waals surface area (Å²) in [7, 11) is -2.17. The zero-order valence-corrected chi connectivity index (χ0v) is 5.28. The quantitative estimate of drug-likeness (QED) is 0.237. The Bertz CT molecular complexity index is 52.8. The summed E-state index contributed by atoms with van der Waals surface area (Å²) >= 11 is -3.58. The molecule has 0 bridgehead atoms. The average molecular weight is 160 g/mol. The zero-order chi connectivity index (χ0) is 7.15. The van der Waals surface area contributed by atoms with Crippen molar-refractivity contribution in [1.29, 1.82) is 0 Å². The molecule has 0 aromatic rings. The molecule has 0 aliphatic heterocycles. The van der Waals surface area contributed by atoms with Crippen molar-refractivity contribution in [3.05, 3.63) is 0 Å². The predicted molar refractivity (Wildman–Crippen MR) is 17.5 cm³/mol. The third-order valence-electron chi connectivity index (χ3n) is 0. The molecular formula is H5BO6Ti. The predicted octanol–water partition coefficient (Wildman–Crippen LogP) is -3.29. The van der Waals surface area contributed by atoms with Gasteiger partial charge in [0.15, 0.2) is 0 Å². The monoisotopic (exact) mass is 160 g/mol. The molecule has 0 aromatic carbocycles. The molecule has 0 saturated heterocycles. The van der Waals surface area contributed by atoms with Crippen LogP contribution in [0.5, 0.6) is 0 Å². The van der Waals surface area contributed by atoms with Crippen molar-refractivity contribution in [2.24, 2.45) is 0 Å². The summed E-state index contributed by atoms with van der Waals surface area (Å²) in [5.41, 5.74) is 0. The number of rotatable bonds is 0. The molecule has 5 N–H and O–H groups in total. The Morgan fingerprint density at radius 1 is 1.12 bits per heavy atom. The van der Waals surface area contributed by atoms with Crippen LogP contribution in [-0.2, 0) is 21.9 Å². The fourth-order valence-electron chi connectivity index (χ4n) is 0. The van der Waals surface area contributed by atoms with Gasteiger partial charge in [-0.25, -0.2) is 0 Å². The van der Waals surface area contributed by atoms with E-state index in [1.54, 1.807) is 0 Å². The third-order valence-corrected chi connectivity index (χ3v) is 0. The molecule has 0 saturated carbocycles. The topological polar surface area (TPSA) is 118 Å². The van der Waals surface area contributed by atoms with Gasteiger partial charge >= 0.3 is 36.6 Å². The van der Waals surface area contributed by atoms with Crippen LogP contribution < -0.4 is 0 Å². The van der Waals surface area contributed by atoms with E-state index in [4.69, 9.17) is 25.8 Å². The second kappa shape index (κ2) is 7.38. The molecule has 0 amide bonds. The first-order valence-electron chi connectivity index (χ1n) is 1.43. The summed E-state index contributed by atoms with van der Waals surface area (Å²) in [5, 5.41) is 21.5. The minimum absolute atomic E-state index is 2.17. The molecular weight excluding hydrogens is 155 g/mol. The Morgan fingerprint density at radius 2 is 1.12 bits per heavy atom. The average Bonchev–Trinajstić information content (AvgIpc) is 1.25. The molecule has 0 unspecified atom stereocenters. The normalized spacial score (nSPS) is 6.62. The minimum atomic E-state index is -3.58. The van der Waals surface area contributed by atoms with E-state index in [0.29, 0.717) is 0 Å². The van der Waals surface area contributed by atoms with Crippen molar-refractivity contribution in [3.63, 3.8) is 0 Å². The molecule has 0 fully saturated rings. The van der Waals surface area contributed by atoms with E-state index in [0.717, 1.165) is 0 Å². The molecule has 0 aliphatic carbocycles. The summed E-state index contributed by atoms with van der Waals surface area (Å²) in [5.74, 6) is 0. The van der Waals surface area contributed by atoms with Crippen molar-refractivity contribution in [3.8, 4) is 0 Å². The maximum atomic E-state index is 8.81. The van der Waals surface area contributed by atoms with E-state index in [1.165, 1.54) is 0 Å². The molecule has 0 aromatic heterocycles. The summed E-state index contributed by atoms with van der Waals surface area (Å²) in [6.07, 6.45) is 0. The Balaban J connectivity index is 0. The molecule has 8 heavy (non-hydrogen) atoms. The van der Waals surface area contributed by atoms with Crippen LogP contribution >= 0.6 is 0 Å². The van der Waals surface area contributed by atoms with Crippen molar-refractivity contribution >= 4 is 7.32 Å². The van der Waals surface area contributed by atoms with E-state index < -0.39 is 25.9 Å². The second-order valence-corrected chi connectivity index (χ2v) is 1.51. The van der Waals surface area contributed by atoms with E-state index in [9.17, 15) is 0 Å². The molecule has 0 spiro atoms. The SMILES string of the molecule is OB(O)O.[O]=[Ti]([OH])[OH]. The molecule has 8 heteroatoms. The van der Waals surface area contributed by atoms with Crippen molar-refractivity contribution in [2.75, 3.05) is 0 Å². The molecule has 0 atom stereocenters. The van der Waals surface area contributed by atoms with Gasteiger partial charge in [-0.15, -0.1) is 0 Å². The van der Waals surface area contributed by atoms with Crippen LogP contribution in [0.25, 0.3) is 0 Å². The van der Waals surface area contributed by atoms with Crippen molar-refractivity contribution in [2.45, 2.75) is 0 Å². The Labute approximate surface area is 52.3 Å². The van der Waals surface area contributed by atoms with E-state index in [-0.39, 0.29) is 0 Å². The van der Waals surface area contributed by atoms with Gasteiger partial charge in [0.1, 0.15) is 0 Å². The number of hydrogen-bond acceptors (Lipinski definition) is 4. The van der Waals surface area contributed by atoms with Crippen LogP contribution in [0, 0.1) is 0 Å². The van der Waals surface area contributed by atoms with Crippen LogP contribution in [0.4, 0.5) is 0 Å². The Kier molecular flexibility index (Phi) is 10.3. The van der Waals surface area contributed by atoms with Crippen LogP contribution in [-0.4, -0.2) is 29.8 Å². The first-order valence-corrected chi connectivity index (χ1v) is 3.46.